The first-order valence-electron chi connectivity index (χ1n) is 9.29. The van der Waals surface area contributed by atoms with Gasteiger partial charge in [-0.25, -0.2) is 4.79 Å². The molecule has 3 atom stereocenters. The second-order valence-corrected chi connectivity index (χ2v) is 6.77. The molecule has 11 heteroatoms. The summed E-state index contributed by atoms with van der Waals surface area (Å²) in [5, 5.41) is 14.1. The first kappa shape index (κ1) is 24.6. The number of primary amides is 2. The Morgan fingerprint density at radius 3 is 1.90 bits per heavy atom. The van der Waals surface area contributed by atoms with Crippen LogP contribution in [0.5, 0.6) is 0 Å². The van der Waals surface area contributed by atoms with Crippen LogP contribution in [0.15, 0.2) is 30.3 Å². The number of rotatable bonds is 13. The van der Waals surface area contributed by atoms with Gasteiger partial charge < -0.3 is 32.9 Å². The SMILES string of the molecule is NC(=O)CCC(N)C(=O)NC(Cc1ccccc1)C(=O)NC(CCC(N)=O)C(=O)O. The van der Waals surface area contributed by atoms with Gasteiger partial charge in [-0.15, -0.1) is 0 Å². The third-order valence-electron chi connectivity index (χ3n) is 4.25. The third kappa shape index (κ3) is 9.15. The van der Waals surface area contributed by atoms with Gasteiger partial charge in [0.2, 0.25) is 23.6 Å². The van der Waals surface area contributed by atoms with E-state index in [2.05, 4.69) is 10.6 Å². The smallest absolute Gasteiger partial charge is 0.326 e. The predicted octanol–water partition coefficient (Wildman–Crippen LogP) is -1.86. The van der Waals surface area contributed by atoms with Crippen molar-refractivity contribution in [2.75, 3.05) is 0 Å². The average Bonchev–Trinajstić information content (AvgIpc) is 2.68. The van der Waals surface area contributed by atoms with E-state index >= 15 is 0 Å². The molecule has 1 rings (SSSR count). The molecule has 3 unspecified atom stereocenters. The molecule has 1 aromatic rings. The van der Waals surface area contributed by atoms with Crippen molar-refractivity contribution in [1.82, 2.24) is 10.6 Å². The van der Waals surface area contributed by atoms with E-state index < -0.39 is 47.7 Å². The molecule has 0 radical (unpaired) electrons. The molecule has 0 aliphatic rings. The number of aliphatic carboxylic acids is 1. The molecule has 0 saturated carbocycles. The Hall–Kier alpha value is -3.47. The van der Waals surface area contributed by atoms with Crippen LogP contribution in [0.2, 0.25) is 0 Å². The maximum atomic E-state index is 12.7. The fourth-order valence-corrected chi connectivity index (χ4v) is 2.58. The molecule has 0 aromatic heterocycles. The van der Waals surface area contributed by atoms with Crippen LogP contribution in [0.1, 0.15) is 31.2 Å². The van der Waals surface area contributed by atoms with E-state index in [1.54, 1.807) is 30.3 Å². The molecule has 0 spiro atoms. The Labute approximate surface area is 173 Å². The number of carboxylic acids is 1. The van der Waals surface area contributed by atoms with Gasteiger partial charge in [-0.1, -0.05) is 30.3 Å². The minimum absolute atomic E-state index is 0.00277. The Morgan fingerprint density at radius 1 is 0.833 bits per heavy atom. The number of hydrogen-bond donors (Lipinski definition) is 6. The van der Waals surface area contributed by atoms with E-state index in [9.17, 15) is 29.1 Å². The minimum Gasteiger partial charge on any atom is -0.480 e. The van der Waals surface area contributed by atoms with E-state index in [0.717, 1.165) is 0 Å². The van der Waals surface area contributed by atoms with Gasteiger partial charge in [-0.2, -0.15) is 0 Å². The van der Waals surface area contributed by atoms with E-state index in [4.69, 9.17) is 17.2 Å². The summed E-state index contributed by atoms with van der Waals surface area (Å²) in [4.78, 5) is 58.3. The Balaban J connectivity index is 2.91. The van der Waals surface area contributed by atoms with Gasteiger partial charge in [0, 0.05) is 19.3 Å². The molecule has 1 aromatic carbocycles. The van der Waals surface area contributed by atoms with Crippen molar-refractivity contribution in [3.63, 3.8) is 0 Å². The lowest BCUT2D eigenvalue weighted by atomic mass is 10.0. The van der Waals surface area contributed by atoms with Crippen LogP contribution in [0.3, 0.4) is 0 Å². The highest BCUT2D eigenvalue weighted by Gasteiger charge is 2.28. The zero-order valence-electron chi connectivity index (χ0n) is 16.4. The molecule has 0 bridgehead atoms. The lowest BCUT2D eigenvalue weighted by Gasteiger charge is -2.23. The second-order valence-electron chi connectivity index (χ2n) is 6.77. The van der Waals surface area contributed by atoms with Gasteiger partial charge in [0.05, 0.1) is 6.04 Å². The quantitative estimate of drug-likeness (QED) is 0.214. The standard InChI is InChI=1S/C19H27N5O6/c20-12(6-8-15(21)25)17(27)24-14(10-11-4-2-1-3-5-11)18(28)23-13(19(29)30)7-9-16(22)26/h1-5,12-14H,6-10,20H2,(H2,21,25)(H2,22,26)(H,23,28)(H,24,27)(H,29,30). The molecule has 11 nitrogen and oxygen atoms in total. The highest BCUT2D eigenvalue weighted by molar-refractivity contribution is 5.92. The first-order valence-corrected chi connectivity index (χ1v) is 9.29. The zero-order valence-corrected chi connectivity index (χ0v) is 16.4. The van der Waals surface area contributed by atoms with Crippen molar-refractivity contribution in [1.29, 1.82) is 0 Å². The summed E-state index contributed by atoms with van der Waals surface area (Å²) in [6.07, 6.45) is -0.454. The van der Waals surface area contributed by atoms with Crippen molar-refractivity contribution < 1.29 is 29.1 Å². The topological polar surface area (TPSA) is 208 Å². The van der Waals surface area contributed by atoms with E-state index in [1.807, 2.05) is 0 Å². The number of hydrogen-bond acceptors (Lipinski definition) is 6. The molecular weight excluding hydrogens is 394 g/mol. The van der Waals surface area contributed by atoms with Crippen LogP contribution >= 0.6 is 0 Å². The summed E-state index contributed by atoms with van der Waals surface area (Å²) in [5.74, 6) is -4.10. The van der Waals surface area contributed by atoms with Gasteiger partial charge in [-0.3, -0.25) is 19.2 Å². The monoisotopic (exact) mass is 421 g/mol. The summed E-state index contributed by atoms with van der Waals surface area (Å²) < 4.78 is 0. The highest BCUT2D eigenvalue weighted by atomic mass is 16.4. The molecule has 4 amide bonds. The number of benzene rings is 1. The fourth-order valence-electron chi connectivity index (χ4n) is 2.58. The summed E-state index contributed by atoms with van der Waals surface area (Å²) in [7, 11) is 0. The van der Waals surface area contributed by atoms with Crippen LogP contribution in [0.4, 0.5) is 0 Å². The lowest BCUT2D eigenvalue weighted by Crippen LogP contribution is -2.55. The molecule has 0 saturated heterocycles. The van der Waals surface area contributed by atoms with Gasteiger partial charge in [0.25, 0.3) is 0 Å². The summed E-state index contributed by atoms with van der Waals surface area (Å²) in [6.45, 7) is 0. The molecule has 30 heavy (non-hydrogen) atoms. The van der Waals surface area contributed by atoms with Crippen molar-refractivity contribution in [2.45, 2.75) is 50.2 Å². The fraction of sp³-hybridized carbons (Fsp3) is 0.421. The maximum Gasteiger partial charge on any atom is 0.326 e. The molecule has 0 fully saturated rings. The van der Waals surface area contributed by atoms with Gasteiger partial charge in [-0.05, 0) is 18.4 Å². The van der Waals surface area contributed by atoms with Crippen LogP contribution in [0, 0.1) is 0 Å². The largest absolute Gasteiger partial charge is 0.480 e. The number of carbonyl (C=O) groups is 5. The Bertz CT molecular complexity index is 770. The molecule has 0 heterocycles. The Kier molecular flexibility index (Phi) is 9.97. The summed E-state index contributed by atoms with van der Waals surface area (Å²) >= 11 is 0. The molecule has 9 N–H and O–H groups in total. The lowest BCUT2D eigenvalue weighted by molar-refractivity contribution is -0.142. The molecular formula is C19H27N5O6. The maximum absolute atomic E-state index is 12.7. The van der Waals surface area contributed by atoms with E-state index in [1.165, 1.54) is 0 Å². The van der Waals surface area contributed by atoms with Crippen molar-refractivity contribution in [3.8, 4) is 0 Å². The summed E-state index contributed by atoms with van der Waals surface area (Å²) in [5.41, 5.74) is 16.5. The normalized spacial score (nSPS) is 13.5. The van der Waals surface area contributed by atoms with Crippen LogP contribution in [0.25, 0.3) is 0 Å². The first-order chi connectivity index (χ1) is 14.1. The molecule has 0 aliphatic carbocycles. The number of nitrogens with two attached hydrogens (primary N) is 3. The third-order valence-corrected chi connectivity index (χ3v) is 4.25. The minimum atomic E-state index is -1.36. The Morgan fingerprint density at radius 2 is 1.37 bits per heavy atom. The predicted molar refractivity (Wildman–Crippen MR) is 106 cm³/mol. The van der Waals surface area contributed by atoms with E-state index in [0.29, 0.717) is 5.56 Å². The van der Waals surface area contributed by atoms with E-state index in [-0.39, 0.29) is 32.1 Å². The summed E-state index contributed by atoms with van der Waals surface area (Å²) in [6, 6.07) is 5.19. The molecule has 164 valence electrons. The van der Waals surface area contributed by atoms with Crippen LogP contribution in [-0.4, -0.2) is 52.8 Å². The average molecular weight is 421 g/mol. The highest BCUT2D eigenvalue weighted by Crippen LogP contribution is 2.06. The van der Waals surface area contributed by atoms with Gasteiger partial charge in [0.15, 0.2) is 0 Å². The van der Waals surface area contributed by atoms with Gasteiger partial charge >= 0.3 is 5.97 Å². The van der Waals surface area contributed by atoms with Crippen LogP contribution < -0.4 is 27.8 Å². The molecule has 0 aliphatic heterocycles. The van der Waals surface area contributed by atoms with Crippen molar-refractivity contribution in [3.05, 3.63) is 35.9 Å². The zero-order chi connectivity index (χ0) is 22.7. The number of nitrogens with one attached hydrogen (secondary N) is 2. The van der Waals surface area contributed by atoms with Crippen molar-refractivity contribution in [2.24, 2.45) is 17.2 Å². The number of carbonyl (C=O) groups excluding carboxylic acids is 4. The number of carboxylic acid groups (broad SMARTS) is 1. The second kappa shape index (κ2) is 12.2. The van der Waals surface area contributed by atoms with Crippen molar-refractivity contribution >= 4 is 29.6 Å². The van der Waals surface area contributed by atoms with Crippen LogP contribution in [-0.2, 0) is 30.4 Å². The van der Waals surface area contributed by atoms with Gasteiger partial charge in [0.1, 0.15) is 12.1 Å². The number of amides is 4.